The summed E-state index contributed by atoms with van der Waals surface area (Å²) in [5, 5.41) is 0.837. The van der Waals surface area contributed by atoms with Crippen LogP contribution in [0.15, 0.2) is 85.5 Å². The third kappa shape index (κ3) is 5.45. The number of rotatable bonds is 6. The van der Waals surface area contributed by atoms with E-state index < -0.39 is 11.6 Å². The summed E-state index contributed by atoms with van der Waals surface area (Å²) in [5.41, 5.74) is 3.26. The first-order valence-electron chi connectivity index (χ1n) is 10.5. The van der Waals surface area contributed by atoms with Gasteiger partial charge in [-0.15, -0.1) is 0 Å². The molecule has 4 rings (SSSR count). The third-order valence-corrected chi connectivity index (χ3v) is 5.29. The number of aryl methyl sites for hydroxylation is 2. The van der Waals surface area contributed by atoms with Gasteiger partial charge in [0.1, 0.15) is 18.2 Å². The van der Waals surface area contributed by atoms with E-state index in [4.69, 9.17) is 4.74 Å². The zero-order chi connectivity index (χ0) is 23.2. The molecule has 1 nitrogen and oxygen atoms in total. The van der Waals surface area contributed by atoms with Crippen LogP contribution in [0, 0.1) is 29.3 Å². The average molecular weight is 442 g/mol. The molecule has 0 aliphatic heterocycles. The number of halogens is 3. The standard InChI is InChI=1S/C29H21F3O/c1-2-17-33-25-14-12-23(28(31)19-25)11-9-21-5-3-20(4-6-21)7-8-22-10-15-26-24(18-22)13-16-27(30)29(26)32/h2-6,10,12-16,18-19H,1,9,11,17H2. The van der Waals surface area contributed by atoms with Gasteiger partial charge in [-0.1, -0.05) is 54.8 Å². The van der Waals surface area contributed by atoms with Crippen LogP contribution in [0.2, 0.25) is 0 Å². The van der Waals surface area contributed by atoms with Gasteiger partial charge in [-0.25, -0.2) is 13.2 Å². The fraction of sp³-hybridized carbons (Fsp3) is 0.103. The summed E-state index contributed by atoms with van der Waals surface area (Å²) in [6, 6.07) is 20.3. The summed E-state index contributed by atoms with van der Waals surface area (Å²) < 4.78 is 46.8. The van der Waals surface area contributed by atoms with Crippen LogP contribution in [0.5, 0.6) is 5.75 Å². The lowest BCUT2D eigenvalue weighted by molar-refractivity contribution is 0.360. The Morgan fingerprint density at radius 3 is 2.27 bits per heavy atom. The van der Waals surface area contributed by atoms with Gasteiger partial charge in [-0.05, 0) is 65.8 Å². The van der Waals surface area contributed by atoms with E-state index in [2.05, 4.69) is 18.4 Å². The van der Waals surface area contributed by atoms with Gasteiger partial charge >= 0.3 is 0 Å². The van der Waals surface area contributed by atoms with E-state index in [9.17, 15) is 13.2 Å². The van der Waals surface area contributed by atoms with Crippen LogP contribution in [0.4, 0.5) is 13.2 Å². The molecule has 0 heterocycles. The lowest BCUT2D eigenvalue weighted by Gasteiger charge is -2.07. The molecule has 4 aromatic rings. The van der Waals surface area contributed by atoms with Crippen molar-refractivity contribution >= 4 is 10.8 Å². The van der Waals surface area contributed by atoms with E-state index in [1.54, 1.807) is 36.4 Å². The van der Waals surface area contributed by atoms with E-state index in [-0.39, 0.29) is 11.2 Å². The maximum Gasteiger partial charge on any atom is 0.166 e. The van der Waals surface area contributed by atoms with Crippen LogP contribution < -0.4 is 4.74 Å². The first-order valence-corrected chi connectivity index (χ1v) is 10.5. The zero-order valence-electron chi connectivity index (χ0n) is 17.9. The summed E-state index contributed by atoms with van der Waals surface area (Å²) in [7, 11) is 0. The van der Waals surface area contributed by atoms with Gasteiger partial charge in [0.25, 0.3) is 0 Å². The van der Waals surface area contributed by atoms with Crippen molar-refractivity contribution in [1.82, 2.24) is 0 Å². The molecule has 0 fully saturated rings. The van der Waals surface area contributed by atoms with Gasteiger partial charge in [0.05, 0.1) is 0 Å². The molecule has 4 heteroatoms. The van der Waals surface area contributed by atoms with Crippen LogP contribution in [-0.2, 0) is 12.8 Å². The Labute approximate surface area is 191 Å². The monoisotopic (exact) mass is 442 g/mol. The number of ether oxygens (including phenoxy) is 1. The fourth-order valence-electron chi connectivity index (χ4n) is 3.50. The van der Waals surface area contributed by atoms with Crippen LogP contribution in [0.3, 0.4) is 0 Å². The van der Waals surface area contributed by atoms with Crippen molar-refractivity contribution in [3.8, 4) is 17.6 Å². The predicted octanol–water partition coefficient (Wildman–Crippen LogP) is 7.01. The van der Waals surface area contributed by atoms with E-state index >= 15 is 0 Å². The van der Waals surface area contributed by atoms with Crippen molar-refractivity contribution in [1.29, 1.82) is 0 Å². The Bertz CT molecular complexity index is 1360. The molecule has 4 aromatic carbocycles. The molecule has 0 saturated heterocycles. The van der Waals surface area contributed by atoms with Gasteiger partial charge < -0.3 is 4.74 Å². The minimum Gasteiger partial charge on any atom is -0.489 e. The molecule has 0 bridgehead atoms. The molecular weight excluding hydrogens is 421 g/mol. The number of hydrogen-bond acceptors (Lipinski definition) is 1. The van der Waals surface area contributed by atoms with Crippen molar-refractivity contribution in [2.45, 2.75) is 12.8 Å². The molecule has 0 atom stereocenters. The fourth-order valence-corrected chi connectivity index (χ4v) is 3.50. The van der Waals surface area contributed by atoms with Crippen LogP contribution in [0.25, 0.3) is 10.8 Å². The van der Waals surface area contributed by atoms with Crippen molar-refractivity contribution in [3.05, 3.63) is 125 Å². The second kappa shape index (κ2) is 10.1. The predicted molar refractivity (Wildman–Crippen MR) is 126 cm³/mol. The van der Waals surface area contributed by atoms with E-state index in [1.165, 1.54) is 12.1 Å². The van der Waals surface area contributed by atoms with Gasteiger partial charge in [0, 0.05) is 22.6 Å². The lowest BCUT2D eigenvalue weighted by Crippen LogP contribution is -1.98. The highest BCUT2D eigenvalue weighted by atomic mass is 19.2. The average Bonchev–Trinajstić information content (AvgIpc) is 2.84. The Kier molecular flexibility index (Phi) is 6.80. The maximum atomic E-state index is 14.3. The van der Waals surface area contributed by atoms with Crippen LogP contribution in [-0.4, -0.2) is 6.61 Å². The van der Waals surface area contributed by atoms with Gasteiger partial charge in [-0.3, -0.25) is 0 Å². The molecule has 0 radical (unpaired) electrons. The minimum atomic E-state index is -0.862. The number of benzene rings is 4. The molecule has 164 valence electrons. The molecule has 0 aliphatic rings. The Balaban J connectivity index is 1.40. The summed E-state index contributed by atoms with van der Waals surface area (Å²) in [6.07, 6.45) is 2.89. The van der Waals surface area contributed by atoms with Crippen molar-refractivity contribution in [3.63, 3.8) is 0 Å². The zero-order valence-corrected chi connectivity index (χ0v) is 17.9. The maximum absolute atomic E-state index is 14.3. The molecule has 0 saturated carbocycles. The summed E-state index contributed by atoms with van der Waals surface area (Å²) in [4.78, 5) is 0. The Morgan fingerprint density at radius 1 is 0.758 bits per heavy atom. The largest absolute Gasteiger partial charge is 0.489 e. The topological polar surface area (TPSA) is 9.23 Å². The lowest BCUT2D eigenvalue weighted by atomic mass is 10.0. The highest BCUT2D eigenvalue weighted by molar-refractivity contribution is 5.84. The number of fused-ring (bicyclic) bond motifs is 1. The first-order chi connectivity index (χ1) is 16.0. The highest BCUT2D eigenvalue weighted by Gasteiger charge is 2.07. The second-order valence-corrected chi connectivity index (χ2v) is 7.60. The van der Waals surface area contributed by atoms with E-state index in [0.29, 0.717) is 41.7 Å². The Morgan fingerprint density at radius 2 is 1.52 bits per heavy atom. The molecule has 33 heavy (non-hydrogen) atoms. The second-order valence-electron chi connectivity index (χ2n) is 7.60. The normalized spacial score (nSPS) is 10.5. The van der Waals surface area contributed by atoms with Crippen LogP contribution in [0.1, 0.15) is 22.3 Å². The highest BCUT2D eigenvalue weighted by Crippen LogP contribution is 2.22. The molecule has 0 aromatic heterocycles. The van der Waals surface area contributed by atoms with E-state index in [1.807, 2.05) is 24.3 Å². The molecule has 0 unspecified atom stereocenters. The molecular formula is C29H21F3O. The van der Waals surface area contributed by atoms with Gasteiger partial charge in [0.15, 0.2) is 11.6 Å². The molecule has 0 amide bonds. The van der Waals surface area contributed by atoms with Crippen molar-refractivity contribution in [2.75, 3.05) is 6.61 Å². The van der Waals surface area contributed by atoms with Crippen molar-refractivity contribution < 1.29 is 17.9 Å². The third-order valence-electron chi connectivity index (χ3n) is 5.29. The quantitative estimate of drug-likeness (QED) is 0.231. The first kappa shape index (κ1) is 22.2. The van der Waals surface area contributed by atoms with E-state index in [0.717, 1.165) is 17.2 Å². The van der Waals surface area contributed by atoms with Crippen molar-refractivity contribution in [2.24, 2.45) is 0 Å². The summed E-state index contributed by atoms with van der Waals surface area (Å²) in [5.74, 6) is 4.64. The molecule has 0 N–H and O–H groups in total. The van der Waals surface area contributed by atoms with Crippen LogP contribution >= 0.6 is 0 Å². The minimum absolute atomic E-state index is 0.236. The number of hydrogen-bond donors (Lipinski definition) is 0. The SMILES string of the molecule is C=CCOc1ccc(CCc2ccc(C#Cc3ccc4c(F)c(F)ccc4c3)cc2)c(F)c1. The Hall–Kier alpha value is -3.97. The summed E-state index contributed by atoms with van der Waals surface area (Å²) in [6.45, 7) is 3.92. The smallest absolute Gasteiger partial charge is 0.166 e. The van der Waals surface area contributed by atoms with Gasteiger partial charge in [0.2, 0.25) is 0 Å². The summed E-state index contributed by atoms with van der Waals surface area (Å²) >= 11 is 0. The molecule has 0 aliphatic carbocycles. The van der Waals surface area contributed by atoms with Gasteiger partial charge in [-0.2, -0.15) is 0 Å². The molecule has 0 spiro atoms.